The van der Waals surface area contributed by atoms with E-state index in [-0.39, 0.29) is 11.7 Å². The third kappa shape index (κ3) is 3.72. The van der Waals surface area contributed by atoms with Crippen molar-refractivity contribution in [2.24, 2.45) is 5.92 Å². The van der Waals surface area contributed by atoms with Gasteiger partial charge in [-0.3, -0.25) is 9.69 Å². The van der Waals surface area contributed by atoms with Crippen LogP contribution in [-0.4, -0.2) is 60.6 Å². The maximum atomic E-state index is 13.0. The Morgan fingerprint density at radius 1 is 1.04 bits per heavy atom. The molecule has 0 unspecified atom stereocenters. The van der Waals surface area contributed by atoms with Gasteiger partial charge in [-0.2, -0.15) is 0 Å². The molecule has 0 aromatic heterocycles. The fourth-order valence-electron chi connectivity index (χ4n) is 4.75. The summed E-state index contributed by atoms with van der Waals surface area (Å²) in [7, 11) is 0. The zero-order chi connectivity index (χ0) is 17.2. The van der Waals surface area contributed by atoms with Crippen LogP contribution in [0.25, 0.3) is 0 Å². The number of nitrogens with zero attached hydrogens (tertiary/aromatic N) is 2. The van der Waals surface area contributed by atoms with Crippen LogP contribution in [0, 0.1) is 11.7 Å². The maximum absolute atomic E-state index is 13.0. The number of ether oxygens (including phenoxy) is 1. The van der Waals surface area contributed by atoms with Crippen molar-refractivity contribution in [1.29, 1.82) is 0 Å². The summed E-state index contributed by atoms with van der Waals surface area (Å²) >= 11 is 0. The number of rotatable bonds is 4. The molecule has 0 aliphatic carbocycles. The van der Waals surface area contributed by atoms with Crippen molar-refractivity contribution in [3.63, 3.8) is 0 Å². The van der Waals surface area contributed by atoms with Gasteiger partial charge in [0.25, 0.3) is 0 Å². The van der Waals surface area contributed by atoms with Crippen molar-refractivity contribution in [2.75, 3.05) is 32.8 Å². The van der Waals surface area contributed by atoms with Crippen LogP contribution < -0.4 is 0 Å². The molecule has 3 aliphatic rings. The average molecular weight is 346 g/mol. The van der Waals surface area contributed by atoms with Gasteiger partial charge < -0.3 is 9.64 Å². The second-order valence-electron chi connectivity index (χ2n) is 7.65. The van der Waals surface area contributed by atoms with Crippen LogP contribution in [0.4, 0.5) is 4.39 Å². The molecule has 1 aromatic carbocycles. The molecule has 2 atom stereocenters. The van der Waals surface area contributed by atoms with Crippen LogP contribution in [0.2, 0.25) is 0 Å². The van der Waals surface area contributed by atoms with E-state index in [0.717, 1.165) is 57.2 Å². The van der Waals surface area contributed by atoms with Gasteiger partial charge in [0.2, 0.25) is 5.91 Å². The Hall–Kier alpha value is -1.46. The van der Waals surface area contributed by atoms with Crippen molar-refractivity contribution in [1.82, 2.24) is 9.80 Å². The largest absolute Gasteiger partial charge is 0.381 e. The van der Waals surface area contributed by atoms with E-state index in [9.17, 15) is 9.18 Å². The molecule has 4 rings (SSSR count). The predicted octanol–water partition coefficient (Wildman–Crippen LogP) is 2.47. The summed E-state index contributed by atoms with van der Waals surface area (Å²) in [6, 6.07) is 7.19. The van der Waals surface area contributed by atoms with Crippen LogP contribution in [0.1, 0.15) is 31.2 Å². The van der Waals surface area contributed by atoms with Gasteiger partial charge in [-0.1, -0.05) is 12.1 Å². The molecule has 5 heteroatoms. The summed E-state index contributed by atoms with van der Waals surface area (Å²) in [4.78, 5) is 17.4. The zero-order valence-electron chi connectivity index (χ0n) is 14.7. The lowest BCUT2D eigenvalue weighted by Crippen LogP contribution is -2.41. The van der Waals surface area contributed by atoms with Crippen molar-refractivity contribution >= 4 is 5.91 Å². The van der Waals surface area contributed by atoms with Gasteiger partial charge in [0, 0.05) is 44.9 Å². The monoisotopic (exact) mass is 346 g/mol. The number of likely N-dealkylation sites (tertiary alicyclic amines) is 2. The first-order valence-corrected chi connectivity index (χ1v) is 9.56. The van der Waals surface area contributed by atoms with Gasteiger partial charge in [-0.15, -0.1) is 0 Å². The number of hydrogen-bond donors (Lipinski definition) is 0. The molecule has 3 aliphatic heterocycles. The molecule has 3 saturated heterocycles. The van der Waals surface area contributed by atoms with Gasteiger partial charge >= 0.3 is 0 Å². The Balaban J connectivity index is 1.34. The summed E-state index contributed by atoms with van der Waals surface area (Å²) in [5.74, 6) is 0.681. The highest BCUT2D eigenvalue weighted by Gasteiger charge is 2.44. The van der Waals surface area contributed by atoms with Crippen molar-refractivity contribution < 1.29 is 13.9 Å². The van der Waals surface area contributed by atoms with Gasteiger partial charge in [-0.05, 0) is 49.3 Å². The van der Waals surface area contributed by atoms with E-state index in [2.05, 4.69) is 9.80 Å². The second-order valence-corrected chi connectivity index (χ2v) is 7.65. The van der Waals surface area contributed by atoms with Gasteiger partial charge in [0.05, 0.1) is 6.42 Å². The maximum Gasteiger partial charge on any atom is 0.227 e. The molecule has 1 aromatic rings. The van der Waals surface area contributed by atoms with E-state index >= 15 is 0 Å². The predicted molar refractivity (Wildman–Crippen MR) is 93.7 cm³/mol. The smallest absolute Gasteiger partial charge is 0.227 e. The van der Waals surface area contributed by atoms with Crippen LogP contribution in [0.5, 0.6) is 0 Å². The third-order valence-electron chi connectivity index (χ3n) is 6.11. The summed E-state index contributed by atoms with van der Waals surface area (Å²) in [6.07, 6.45) is 4.89. The molecule has 0 N–H and O–H groups in total. The van der Waals surface area contributed by atoms with Crippen LogP contribution in [-0.2, 0) is 16.0 Å². The first-order valence-electron chi connectivity index (χ1n) is 9.56. The molecule has 0 radical (unpaired) electrons. The van der Waals surface area contributed by atoms with E-state index in [1.807, 2.05) is 0 Å². The zero-order valence-corrected chi connectivity index (χ0v) is 14.7. The number of fused-ring (bicyclic) bond motifs is 1. The van der Waals surface area contributed by atoms with Crippen molar-refractivity contribution in [3.8, 4) is 0 Å². The number of carbonyl (C=O) groups is 1. The van der Waals surface area contributed by atoms with Crippen molar-refractivity contribution in [3.05, 3.63) is 35.6 Å². The van der Waals surface area contributed by atoms with Gasteiger partial charge in [0.1, 0.15) is 5.82 Å². The number of hydrogen-bond acceptors (Lipinski definition) is 3. The SMILES string of the molecule is O=C(Cc1ccc(F)cc1)N1CC[C@@H]2[C@@H]1CCN2CC1CCOCC1. The normalized spacial score (nSPS) is 27.6. The first-order chi connectivity index (χ1) is 12.2. The molecule has 4 nitrogen and oxygen atoms in total. The Morgan fingerprint density at radius 2 is 1.76 bits per heavy atom. The molecule has 1 amide bonds. The minimum atomic E-state index is -0.253. The van der Waals surface area contributed by atoms with Crippen LogP contribution in [0.15, 0.2) is 24.3 Å². The van der Waals surface area contributed by atoms with Crippen LogP contribution >= 0.6 is 0 Å². The molecule has 3 fully saturated rings. The topological polar surface area (TPSA) is 32.8 Å². The first kappa shape index (κ1) is 17.0. The lowest BCUT2D eigenvalue weighted by atomic mass is 9.99. The lowest BCUT2D eigenvalue weighted by Gasteiger charge is -2.30. The van der Waals surface area contributed by atoms with Crippen molar-refractivity contribution in [2.45, 2.75) is 44.2 Å². The summed E-state index contributed by atoms with van der Waals surface area (Å²) < 4.78 is 18.5. The van der Waals surface area contributed by atoms with Crippen LogP contribution in [0.3, 0.4) is 0 Å². The minimum Gasteiger partial charge on any atom is -0.381 e. The van der Waals surface area contributed by atoms with E-state index in [4.69, 9.17) is 4.74 Å². The highest BCUT2D eigenvalue weighted by Crippen LogP contribution is 2.33. The molecular formula is C20H27FN2O2. The fraction of sp³-hybridized carbons (Fsp3) is 0.650. The summed E-state index contributed by atoms with van der Waals surface area (Å²) in [6.45, 7) is 4.92. The van der Waals surface area contributed by atoms with Gasteiger partial charge in [0.15, 0.2) is 0 Å². The molecule has 136 valence electrons. The Labute approximate surface area is 148 Å². The number of carbonyl (C=O) groups excluding carboxylic acids is 1. The Bertz CT molecular complexity index is 600. The Morgan fingerprint density at radius 3 is 2.52 bits per heavy atom. The molecule has 0 saturated carbocycles. The molecular weight excluding hydrogens is 319 g/mol. The standard InChI is InChI=1S/C20H27FN2O2/c21-17-3-1-15(2-4-17)13-20(24)23-10-6-18-19(23)5-9-22(18)14-16-7-11-25-12-8-16/h1-4,16,18-19H,5-14H2/t18-,19+/m1/s1. The fourth-order valence-corrected chi connectivity index (χ4v) is 4.75. The average Bonchev–Trinajstić information content (AvgIpc) is 3.21. The number of benzene rings is 1. The second kappa shape index (κ2) is 7.42. The summed E-state index contributed by atoms with van der Waals surface area (Å²) in [5, 5.41) is 0. The summed E-state index contributed by atoms with van der Waals surface area (Å²) in [5.41, 5.74) is 0.895. The lowest BCUT2D eigenvalue weighted by molar-refractivity contribution is -0.131. The molecule has 25 heavy (non-hydrogen) atoms. The Kier molecular flexibility index (Phi) is 5.04. The molecule has 3 heterocycles. The minimum absolute atomic E-state index is 0.187. The number of amides is 1. The van der Waals surface area contributed by atoms with E-state index in [1.54, 1.807) is 12.1 Å². The molecule has 0 bridgehead atoms. The number of halogens is 1. The highest BCUT2D eigenvalue weighted by atomic mass is 19.1. The molecule has 0 spiro atoms. The third-order valence-corrected chi connectivity index (χ3v) is 6.11. The van der Waals surface area contributed by atoms with E-state index in [0.29, 0.717) is 18.5 Å². The quantitative estimate of drug-likeness (QED) is 0.840. The van der Waals surface area contributed by atoms with E-state index < -0.39 is 0 Å². The highest BCUT2D eigenvalue weighted by molar-refractivity contribution is 5.79. The van der Waals surface area contributed by atoms with Gasteiger partial charge in [-0.25, -0.2) is 4.39 Å². The van der Waals surface area contributed by atoms with E-state index in [1.165, 1.54) is 25.0 Å².